The summed E-state index contributed by atoms with van der Waals surface area (Å²) in [6.07, 6.45) is 1.37. The van der Waals surface area contributed by atoms with Crippen LogP contribution in [0.2, 0.25) is 5.02 Å². The first-order chi connectivity index (χ1) is 11.6. The van der Waals surface area contributed by atoms with Gasteiger partial charge in [-0.25, -0.2) is 0 Å². The van der Waals surface area contributed by atoms with Gasteiger partial charge in [-0.15, -0.1) is 0 Å². The molecule has 0 radical (unpaired) electrons. The summed E-state index contributed by atoms with van der Waals surface area (Å²) in [4.78, 5) is 25.9. The fraction of sp³-hybridized carbons (Fsp3) is 0.263. The maximum absolute atomic E-state index is 12.1. The molecule has 0 aliphatic carbocycles. The van der Waals surface area contributed by atoms with Crippen molar-refractivity contribution in [3.05, 3.63) is 64.2 Å². The standard InChI is InChI=1S/C19H19ClN2O2/c1-2-18(23)22-10-9-15-11-13(3-8-17(15)22)12-21-19(24)14-4-6-16(20)7-5-14/h3-8,11H,2,9-10,12H2,1H3,(H,21,24). The van der Waals surface area contributed by atoms with Gasteiger partial charge in [0, 0.05) is 35.8 Å². The minimum Gasteiger partial charge on any atom is -0.348 e. The van der Waals surface area contributed by atoms with Gasteiger partial charge in [0.15, 0.2) is 0 Å². The van der Waals surface area contributed by atoms with Crippen molar-refractivity contribution in [3.8, 4) is 0 Å². The van der Waals surface area contributed by atoms with Gasteiger partial charge in [-0.1, -0.05) is 30.7 Å². The predicted octanol–water partition coefficient (Wildman–Crippen LogP) is 3.57. The summed E-state index contributed by atoms with van der Waals surface area (Å²) >= 11 is 5.83. The van der Waals surface area contributed by atoms with Crippen molar-refractivity contribution >= 4 is 29.1 Å². The van der Waals surface area contributed by atoms with Crippen LogP contribution in [0.3, 0.4) is 0 Å². The Morgan fingerprint density at radius 3 is 2.62 bits per heavy atom. The fourth-order valence-corrected chi connectivity index (χ4v) is 3.03. The van der Waals surface area contributed by atoms with E-state index in [1.54, 1.807) is 24.3 Å². The highest BCUT2D eigenvalue weighted by atomic mass is 35.5. The molecule has 2 aromatic carbocycles. The number of hydrogen-bond donors (Lipinski definition) is 1. The van der Waals surface area contributed by atoms with E-state index in [-0.39, 0.29) is 11.8 Å². The van der Waals surface area contributed by atoms with Crippen LogP contribution in [0.15, 0.2) is 42.5 Å². The van der Waals surface area contributed by atoms with Crippen LogP contribution in [-0.2, 0) is 17.8 Å². The lowest BCUT2D eigenvalue weighted by Gasteiger charge is -2.16. The SMILES string of the molecule is CCC(=O)N1CCc2cc(CNC(=O)c3ccc(Cl)cc3)ccc21. The first-order valence-corrected chi connectivity index (χ1v) is 8.42. The molecule has 4 nitrogen and oxygen atoms in total. The number of carbonyl (C=O) groups is 2. The van der Waals surface area contributed by atoms with E-state index in [4.69, 9.17) is 11.6 Å². The van der Waals surface area contributed by atoms with Crippen molar-refractivity contribution in [2.24, 2.45) is 0 Å². The maximum atomic E-state index is 12.1. The van der Waals surface area contributed by atoms with E-state index >= 15 is 0 Å². The number of fused-ring (bicyclic) bond motifs is 1. The van der Waals surface area contributed by atoms with Gasteiger partial charge < -0.3 is 10.2 Å². The van der Waals surface area contributed by atoms with Gasteiger partial charge in [-0.3, -0.25) is 9.59 Å². The zero-order valence-electron chi connectivity index (χ0n) is 13.5. The second kappa shape index (κ2) is 7.05. The van der Waals surface area contributed by atoms with Gasteiger partial charge in [0.1, 0.15) is 0 Å². The molecule has 3 rings (SSSR count). The molecule has 0 unspecified atom stereocenters. The Morgan fingerprint density at radius 1 is 1.17 bits per heavy atom. The predicted molar refractivity (Wildman–Crippen MR) is 95.4 cm³/mol. The molecule has 24 heavy (non-hydrogen) atoms. The smallest absolute Gasteiger partial charge is 0.251 e. The molecule has 0 saturated carbocycles. The van der Waals surface area contributed by atoms with Gasteiger partial charge in [0.25, 0.3) is 5.91 Å². The number of anilines is 1. The van der Waals surface area contributed by atoms with Crippen molar-refractivity contribution in [1.82, 2.24) is 5.32 Å². The van der Waals surface area contributed by atoms with Gasteiger partial charge in [-0.05, 0) is 47.9 Å². The first-order valence-electron chi connectivity index (χ1n) is 8.04. The van der Waals surface area contributed by atoms with E-state index < -0.39 is 0 Å². The summed E-state index contributed by atoms with van der Waals surface area (Å²) in [5.74, 6) is 0.0208. The topological polar surface area (TPSA) is 49.4 Å². The Balaban J connectivity index is 1.66. The summed E-state index contributed by atoms with van der Waals surface area (Å²) < 4.78 is 0. The quantitative estimate of drug-likeness (QED) is 0.923. The molecule has 1 aliphatic rings. The summed E-state index contributed by atoms with van der Waals surface area (Å²) in [5.41, 5.74) is 3.77. The van der Waals surface area contributed by atoms with Crippen LogP contribution in [0.25, 0.3) is 0 Å². The largest absolute Gasteiger partial charge is 0.348 e. The van der Waals surface area contributed by atoms with Crippen LogP contribution in [-0.4, -0.2) is 18.4 Å². The maximum Gasteiger partial charge on any atom is 0.251 e. The zero-order chi connectivity index (χ0) is 17.1. The summed E-state index contributed by atoms with van der Waals surface area (Å²) in [6.45, 7) is 3.07. The van der Waals surface area contributed by atoms with Gasteiger partial charge in [-0.2, -0.15) is 0 Å². The molecule has 1 N–H and O–H groups in total. The van der Waals surface area contributed by atoms with Crippen molar-refractivity contribution in [3.63, 3.8) is 0 Å². The van der Waals surface area contributed by atoms with E-state index in [1.165, 1.54) is 0 Å². The van der Waals surface area contributed by atoms with Crippen LogP contribution in [0.5, 0.6) is 0 Å². The highest BCUT2D eigenvalue weighted by Gasteiger charge is 2.23. The highest BCUT2D eigenvalue weighted by molar-refractivity contribution is 6.30. The summed E-state index contributed by atoms with van der Waals surface area (Å²) in [7, 11) is 0. The molecule has 5 heteroatoms. The zero-order valence-corrected chi connectivity index (χ0v) is 14.3. The number of hydrogen-bond acceptors (Lipinski definition) is 2. The lowest BCUT2D eigenvalue weighted by molar-refractivity contribution is -0.118. The second-order valence-corrected chi connectivity index (χ2v) is 6.24. The number of amides is 2. The van der Waals surface area contributed by atoms with Crippen molar-refractivity contribution in [2.45, 2.75) is 26.3 Å². The van der Waals surface area contributed by atoms with Gasteiger partial charge >= 0.3 is 0 Å². The first kappa shape index (κ1) is 16.5. The Hall–Kier alpha value is -2.33. The molecule has 0 atom stereocenters. The van der Waals surface area contributed by atoms with Crippen LogP contribution in [0.1, 0.15) is 34.8 Å². The minimum atomic E-state index is -0.130. The number of halogens is 1. The third-order valence-corrected chi connectivity index (χ3v) is 4.45. The Kier molecular flexibility index (Phi) is 4.86. The van der Waals surface area contributed by atoms with Gasteiger partial charge in [0.05, 0.1) is 0 Å². The Labute approximate surface area is 146 Å². The molecule has 0 spiro atoms. The second-order valence-electron chi connectivity index (χ2n) is 5.80. The van der Waals surface area contributed by atoms with Crippen LogP contribution >= 0.6 is 11.6 Å². The molecule has 1 heterocycles. The van der Waals surface area contributed by atoms with E-state index in [2.05, 4.69) is 11.4 Å². The monoisotopic (exact) mass is 342 g/mol. The van der Waals surface area contributed by atoms with Gasteiger partial charge in [0.2, 0.25) is 5.91 Å². The van der Waals surface area contributed by atoms with Crippen LogP contribution < -0.4 is 10.2 Å². The van der Waals surface area contributed by atoms with E-state index in [0.29, 0.717) is 23.6 Å². The van der Waals surface area contributed by atoms with Crippen LogP contribution in [0.4, 0.5) is 5.69 Å². The average molecular weight is 343 g/mol. The number of nitrogens with one attached hydrogen (secondary N) is 1. The van der Waals surface area contributed by atoms with E-state index in [1.807, 2.05) is 24.0 Å². The number of benzene rings is 2. The van der Waals surface area contributed by atoms with Crippen LogP contribution in [0, 0.1) is 0 Å². The molecule has 2 aromatic rings. The lowest BCUT2D eigenvalue weighted by atomic mass is 10.1. The summed E-state index contributed by atoms with van der Waals surface area (Å²) in [5, 5.41) is 3.52. The van der Waals surface area contributed by atoms with E-state index in [0.717, 1.165) is 29.8 Å². The fourth-order valence-electron chi connectivity index (χ4n) is 2.90. The van der Waals surface area contributed by atoms with Crippen molar-refractivity contribution in [2.75, 3.05) is 11.4 Å². The lowest BCUT2D eigenvalue weighted by Crippen LogP contribution is -2.27. The third-order valence-electron chi connectivity index (χ3n) is 4.20. The number of carbonyl (C=O) groups excluding carboxylic acids is 2. The molecule has 0 bridgehead atoms. The molecule has 124 valence electrons. The molecule has 0 saturated heterocycles. The minimum absolute atomic E-state index is 0.130. The Bertz CT molecular complexity index is 771. The van der Waals surface area contributed by atoms with Crippen molar-refractivity contribution < 1.29 is 9.59 Å². The molecular formula is C19H19ClN2O2. The highest BCUT2D eigenvalue weighted by Crippen LogP contribution is 2.29. The molecule has 0 fully saturated rings. The summed E-state index contributed by atoms with van der Waals surface area (Å²) in [6, 6.07) is 12.8. The van der Waals surface area contributed by atoms with Crippen molar-refractivity contribution in [1.29, 1.82) is 0 Å². The molecule has 2 amide bonds. The molecule has 0 aromatic heterocycles. The Morgan fingerprint density at radius 2 is 1.92 bits per heavy atom. The third kappa shape index (κ3) is 3.44. The number of rotatable bonds is 4. The molecule has 1 aliphatic heterocycles. The molecular weight excluding hydrogens is 324 g/mol. The average Bonchev–Trinajstić information content (AvgIpc) is 3.02. The van der Waals surface area contributed by atoms with E-state index in [9.17, 15) is 9.59 Å². The normalized spacial score (nSPS) is 12.8. The number of nitrogens with zero attached hydrogens (tertiary/aromatic N) is 1.